The van der Waals surface area contributed by atoms with E-state index in [1.807, 2.05) is 36.4 Å². The van der Waals surface area contributed by atoms with Crippen LogP contribution >= 0.6 is 0 Å². The van der Waals surface area contributed by atoms with E-state index in [0.29, 0.717) is 26.4 Å². The molecule has 0 unspecified atom stereocenters. The Labute approximate surface area is 101 Å². The second-order valence-electron chi connectivity index (χ2n) is 3.69. The van der Waals surface area contributed by atoms with Gasteiger partial charge in [0, 0.05) is 12.1 Å². The third kappa shape index (κ3) is 3.56. The van der Waals surface area contributed by atoms with Crippen molar-refractivity contribution in [1.82, 2.24) is 0 Å². The van der Waals surface area contributed by atoms with Gasteiger partial charge in [-0.15, -0.1) is 0 Å². The fourth-order valence-electron chi connectivity index (χ4n) is 1.63. The summed E-state index contributed by atoms with van der Waals surface area (Å²) in [5, 5.41) is 0. The Balaban J connectivity index is 1.92. The largest absolute Gasteiger partial charge is 0.489 e. The van der Waals surface area contributed by atoms with Crippen molar-refractivity contribution < 1.29 is 14.2 Å². The van der Waals surface area contributed by atoms with Crippen LogP contribution in [0.15, 0.2) is 42.0 Å². The first-order valence-corrected chi connectivity index (χ1v) is 5.70. The van der Waals surface area contributed by atoms with Crippen LogP contribution < -0.4 is 10.5 Å². The molecule has 0 aliphatic carbocycles. The summed E-state index contributed by atoms with van der Waals surface area (Å²) >= 11 is 0. The normalized spacial score (nSPS) is 17.4. The van der Waals surface area contributed by atoms with Crippen LogP contribution in [0.1, 0.15) is 0 Å². The number of hydrogen-bond donors (Lipinski definition) is 1. The van der Waals surface area contributed by atoms with Crippen LogP contribution in [-0.2, 0) is 9.47 Å². The molecule has 0 spiro atoms. The number of hydrogen-bond acceptors (Lipinski definition) is 4. The smallest absolute Gasteiger partial charge is 0.183 e. The van der Waals surface area contributed by atoms with Gasteiger partial charge in [-0.1, -0.05) is 24.3 Å². The molecule has 1 aliphatic rings. The van der Waals surface area contributed by atoms with Crippen molar-refractivity contribution in [3.63, 3.8) is 0 Å². The van der Waals surface area contributed by atoms with Gasteiger partial charge in [0.15, 0.2) is 6.29 Å². The highest BCUT2D eigenvalue weighted by atomic mass is 16.7. The van der Waals surface area contributed by atoms with E-state index >= 15 is 0 Å². The van der Waals surface area contributed by atoms with Crippen LogP contribution in [0.25, 0.3) is 0 Å². The molecule has 0 bridgehead atoms. The zero-order valence-corrected chi connectivity index (χ0v) is 9.67. The third-order valence-electron chi connectivity index (χ3n) is 2.45. The molecule has 4 nitrogen and oxygen atoms in total. The van der Waals surface area contributed by atoms with E-state index in [0.717, 1.165) is 11.3 Å². The Bertz CT molecular complexity index is 358. The first-order valence-electron chi connectivity index (χ1n) is 5.70. The third-order valence-corrected chi connectivity index (χ3v) is 2.45. The van der Waals surface area contributed by atoms with Crippen molar-refractivity contribution in [1.29, 1.82) is 0 Å². The van der Waals surface area contributed by atoms with Crippen LogP contribution in [-0.4, -0.2) is 32.7 Å². The summed E-state index contributed by atoms with van der Waals surface area (Å²) in [4.78, 5) is 0. The zero-order valence-electron chi connectivity index (χ0n) is 9.67. The number of benzene rings is 1. The van der Waals surface area contributed by atoms with Gasteiger partial charge < -0.3 is 19.9 Å². The van der Waals surface area contributed by atoms with Crippen molar-refractivity contribution in [2.24, 2.45) is 5.73 Å². The molecule has 1 aliphatic heterocycles. The van der Waals surface area contributed by atoms with E-state index in [-0.39, 0.29) is 6.29 Å². The van der Waals surface area contributed by atoms with Crippen LogP contribution in [0.5, 0.6) is 5.75 Å². The average Bonchev–Trinajstić information content (AvgIpc) is 2.89. The summed E-state index contributed by atoms with van der Waals surface area (Å²) in [6.07, 6.45) is 1.58. The van der Waals surface area contributed by atoms with Gasteiger partial charge in [0.05, 0.1) is 13.2 Å². The second kappa shape index (κ2) is 6.39. The molecule has 1 saturated heterocycles. The number of ether oxygens (including phenoxy) is 3. The highest BCUT2D eigenvalue weighted by Gasteiger charge is 2.20. The van der Waals surface area contributed by atoms with Gasteiger partial charge in [-0.2, -0.15) is 0 Å². The first-order chi connectivity index (χ1) is 8.40. The van der Waals surface area contributed by atoms with Gasteiger partial charge in [-0.05, 0) is 12.1 Å². The van der Waals surface area contributed by atoms with Crippen molar-refractivity contribution in [2.75, 3.05) is 26.4 Å². The molecule has 0 radical (unpaired) electrons. The molecule has 1 aromatic carbocycles. The highest BCUT2D eigenvalue weighted by Crippen LogP contribution is 2.16. The topological polar surface area (TPSA) is 53.7 Å². The molecule has 0 amide bonds. The molecule has 1 aromatic rings. The monoisotopic (exact) mass is 235 g/mol. The van der Waals surface area contributed by atoms with Crippen LogP contribution in [0.2, 0.25) is 0 Å². The lowest BCUT2D eigenvalue weighted by Crippen LogP contribution is -2.18. The SMILES string of the molecule is NC/C=C(\COc1ccccc1)C1OCCO1. The predicted octanol–water partition coefficient (Wildman–Crippen LogP) is 1.32. The Kier molecular flexibility index (Phi) is 4.55. The summed E-state index contributed by atoms with van der Waals surface area (Å²) in [6, 6.07) is 9.65. The molecule has 0 aromatic heterocycles. The van der Waals surface area contributed by atoms with Gasteiger partial charge in [-0.3, -0.25) is 0 Å². The van der Waals surface area contributed by atoms with Crippen molar-refractivity contribution in [2.45, 2.75) is 6.29 Å². The maximum atomic E-state index is 5.65. The Morgan fingerprint density at radius 1 is 1.29 bits per heavy atom. The van der Waals surface area contributed by atoms with E-state index in [2.05, 4.69) is 0 Å². The minimum atomic E-state index is -0.303. The number of para-hydroxylation sites is 1. The second-order valence-corrected chi connectivity index (χ2v) is 3.69. The van der Waals surface area contributed by atoms with E-state index in [1.54, 1.807) is 0 Å². The van der Waals surface area contributed by atoms with Crippen LogP contribution in [0.3, 0.4) is 0 Å². The lowest BCUT2D eigenvalue weighted by atomic mass is 10.2. The Morgan fingerprint density at radius 3 is 2.65 bits per heavy atom. The van der Waals surface area contributed by atoms with E-state index in [4.69, 9.17) is 19.9 Å². The van der Waals surface area contributed by atoms with Gasteiger partial charge in [0.25, 0.3) is 0 Å². The van der Waals surface area contributed by atoms with Crippen molar-refractivity contribution >= 4 is 0 Å². The first kappa shape index (κ1) is 12.1. The molecule has 4 heteroatoms. The summed E-state index contributed by atoms with van der Waals surface area (Å²) < 4.78 is 16.5. The lowest BCUT2D eigenvalue weighted by Gasteiger charge is -2.15. The maximum Gasteiger partial charge on any atom is 0.183 e. The van der Waals surface area contributed by atoms with E-state index in [1.165, 1.54) is 0 Å². The highest BCUT2D eigenvalue weighted by molar-refractivity contribution is 5.22. The van der Waals surface area contributed by atoms with Crippen molar-refractivity contribution in [3.05, 3.63) is 42.0 Å². The minimum absolute atomic E-state index is 0.303. The number of rotatable bonds is 5. The Morgan fingerprint density at radius 2 is 2.00 bits per heavy atom. The molecule has 2 rings (SSSR count). The van der Waals surface area contributed by atoms with E-state index in [9.17, 15) is 0 Å². The van der Waals surface area contributed by atoms with Gasteiger partial charge in [-0.25, -0.2) is 0 Å². The summed E-state index contributed by atoms with van der Waals surface area (Å²) in [6.45, 7) is 2.14. The average molecular weight is 235 g/mol. The summed E-state index contributed by atoms with van der Waals surface area (Å²) in [5.41, 5.74) is 6.46. The Hall–Kier alpha value is -1.36. The fraction of sp³-hybridized carbons (Fsp3) is 0.385. The fourth-order valence-corrected chi connectivity index (χ4v) is 1.63. The lowest BCUT2D eigenvalue weighted by molar-refractivity contribution is -0.0168. The number of nitrogens with two attached hydrogens (primary N) is 1. The zero-order chi connectivity index (χ0) is 11.9. The minimum Gasteiger partial charge on any atom is -0.489 e. The molecule has 92 valence electrons. The molecule has 2 N–H and O–H groups in total. The quantitative estimate of drug-likeness (QED) is 0.782. The van der Waals surface area contributed by atoms with E-state index < -0.39 is 0 Å². The van der Waals surface area contributed by atoms with Crippen LogP contribution in [0.4, 0.5) is 0 Å². The van der Waals surface area contributed by atoms with Crippen molar-refractivity contribution in [3.8, 4) is 5.75 Å². The van der Waals surface area contributed by atoms with Crippen LogP contribution in [0, 0.1) is 0 Å². The van der Waals surface area contributed by atoms with Gasteiger partial charge in [0.2, 0.25) is 0 Å². The maximum absolute atomic E-state index is 5.65. The van der Waals surface area contributed by atoms with Gasteiger partial charge in [0.1, 0.15) is 12.4 Å². The summed E-state index contributed by atoms with van der Waals surface area (Å²) in [7, 11) is 0. The standard InChI is InChI=1S/C13H17NO3/c14-7-6-11(13-15-8-9-16-13)10-17-12-4-2-1-3-5-12/h1-6,13H,7-10,14H2/b11-6+. The molecule has 1 fully saturated rings. The molecule has 17 heavy (non-hydrogen) atoms. The molecular formula is C13H17NO3. The summed E-state index contributed by atoms with van der Waals surface area (Å²) in [5.74, 6) is 0.827. The molecule has 0 saturated carbocycles. The molecular weight excluding hydrogens is 218 g/mol. The predicted molar refractivity (Wildman–Crippen MR) is 64.8 cm³/mol. The van der Waals surface area contributed by atoms with Gasteiger partial charge >= 0.3 is 0 Å². The molecule has 1 heterocycles. The molecule has 0 atom stereocenters.